The summed E-state index contributed by atoms with van der Waals surface area (Å²) in [6, 6.07) is 9.97. The number of nitrogens with zero attached hydrogens (tertiary/aromatic N) is 3. The topological polar surface area (TPSA) is 64.4 Å². The molecular formula is C21H26ClN3O3. The van der Waals surface area contributed by atoms with Gasteiger partial charge in [0.25, 0.3) is 5.91 Å². The van der Waals surface area contributed by atoms with Gasteiger partial charge in [-0.3, -0.25) is 4.79 Å². The average molecular weight is 404 g/mol. The number of aromatic nitrogens is 2. The Labute approximate surface area is 170 Å². The van der Waals surface area contributed by atoms with E-state index in [9.17, 15) is 9.59 Å². The molecule has 7 heteroatoms. The highest BCUT2D eigenvalue weighted by molar-refractivity contribution is 6.32. The Bertz CT molecular complexity index is 835. The maximum atomic E-state index is 12.6. The normalized spacial score (nSPS) is 16.8. The van der Waals surface area contributed by atoms with Gasteiger partial charge in [0.15, 0.2) is 6.61 Å². The van der Waals surface area contributed by atoms with Crippen LogP contribution in [-0.2, 0) is 16.1 Å². The van der Waals surface area contributed by atoms with Crippen LogP contribution in [0, 0.1) is 6.92 Å². The van der Waals surface area contributed by atoms with Crippen LogP contribution in [-0.4, -0.2) is 45.8 Å². The van der Waals surface area contributed by atoms with E-state index in [1.807, 2.05) is 35.2 Å². The molecule has 2 aromatic rings. The van der Waals surface area contributed by atoms with E-state index >= 15 is 0 Å². The maximum Gasteiger partial charge on any atom is 0.343 e. The average Bonchev–Trinajstić information content (AvgIpc) is 2.99. The van der Waals surface area contributed by atoms with Gasteiger partial charge in [0.1, 0.15) is 10.7 Å². The molecule has 0 aliphatic carbocycles. The molecule has 0 bridgehead atoms. The lowest BCUT2D eigenvalue weighted by Crippen LogP contribution is -2.45. The van der Waals surface area contributed by atoms with Crippen LogP contribution < -0.4 is 0 Å². The highest BCUT2D eigenvalue weighted by Gasteiger charge is 2.27. The molecule has 0 N–H and O–H groups in total. The first kappa shape index (κ1) is 20.4. The number of rotatable bonds is 6. The summed E-state index contributed by atoms with van der Waals surface area (Å²) in [6.07, 6.45) is 4.05. The number of piperidine rings is 1. The lowest BCUT2D eigenvalue weighted by atomic mass is 10.00. The predicted molar refractivity (Wildman–Crippen MR) is 107 cm³/mol. The zero-order valence-corrected chi connectivity index (χ0v) is 17.1. The van der Waals surface area contributed by atoms with Crippen LogP contribution in [0.5, 0.6) is 0 Å². The van der Waals surface area contributed by atoms with Gasteiger partial charge in [-0.05, 0) is 38.2 Å². The van der Waals surface area contributed by atoms with E-state index < -0.39 is 5.97 Å². The SMILES string of the molecule is CC[C@@H]1CCCCN1C(=O)COC(=O)c1c(C)nn(Cc2ccccc2)c1Cl. The second-order valence-electron chi connectivity index (χ2n) is 7.12. The number of carbonyl (C=O) groups excluding carboxylic acids is 2. The smallest absolute Gasteiger partial charge is 0.343 e. The van der Waals surface area contributed by atoms with E-state index in [0.717, 1.165) is 37.8 Å². The molecule has 1 saturated heterocycles. The Balaban J connectivity index is 1.65. The number of likely N-dealkylation sites (tertiary alicyclic amines) is 1. The lowest BCUT2D eigenvalue weighted by Gasteiger charge is -2.35. The summed E-state index contributed by atoms with van der Waals surface area (Å²) in [5, 5.41) is 4.58. The third-order valence-electron chi connectivity index (χ3n) is 5.19. The molecule has 1 aromatic carbocycles. The zero-order valence-electron chi connectivity index (χ0n) is 16.4. The Morgan fingerprint density at radius 1 is 1.25 bits per heavy atom. The van der Waals surface area contributed by atoms with Crippen molar-refractivity contribution in [1.29, 1.82) is 0 Å². The summed E-state index contributed by atoms with van der Waals surface area (Å²) in [4.78, 5) is 26.9. The van der Waals surface area contributed by atoms with Gasteiger partial charge in [-0.1, -0.05) is 48.9 Å². The van der Waals surface area contributed by atoms with Crippen molar-refractivity contribution in [3.05, 3.63) is 52.3 Å². The number of halogens is 1. The van der Waals surface area contributed by atoms with Crippen molar-refractivity contribution < 1.29 is 14.3 Å². The summed E-state index contributed by atoms with van der Waals surface area (Å²) in [5.74, 6) is -0.759. The Kier molecular flexibility index (Phi) is 6.73. The van der Waals surface area contributed by atoms with Crippen LogP contribution in [0.15, 0.2) is 30.3 Å². The standard InChI is InChI=1S/C21H26ClN3O3/c1-3-17-11-7-8-12-24(17)18(26)14-28-21(27)19-15(2)23-25(20(19)22)13-16-9-5-4-6-10-16/h4-6,9-10,17H,3,7-8,11-14H2,1-2H3/t17-/m1/s1. The molecule has 1 aliphatic heterocycles. The van der Waals surface area contributed by atoms with E-state index in [4.69, 9.17) is 16.3 Å². The van der Waals surface area contributed by atoms with Crippen LogP contribution in [0.4, 0.5) is 0 Å². The Morgan fingerprint density at radius 2 is 2.00 bits per heavy atom. The Morgan fingerprint density at radius 3 is 2.71 bits per heavy atom. The minimum Gasteiger partial charge on any atom is -0.452 e. The predicted octanol–water partition coefficient (Wildman–Crippen LogP) is 3.84. The van der Waals surface area contributed by atoms with Crippen LogP contribution >= 0.6 is 11.6 Å². The number of ether oxygens (including phenoxy) is 1. The fourth-order valence-corrected chi connectivity index (χ4v) is 3.99. The number of hydrogen-bond donors (Lipinski definition) is 0. The van der Waals surface area contributed by atoms with Gasteiger partial charge in [-0.15, -0.1) is 0 Å². The third-order valence-corrected chi connectivity index (χ3v) is 5.57. The lowest BCUT2D eigenvalue weighted by molar-refractivity contribution is -0.138. The highest BCUT2D eigenvalue weighted by atomic mass is 35.5. The van der Waals surface area contributed by atoms with Crippen LogP contribution in [0.1, 0.15) is 54.2 Å². The van der Waals surface area contributed by atoms with Gasteiger partial charge in [0.05, 0.1) is 12.2 Å². The molecule has 0 unspecified atom stereocenters. The maximum absolute atomic E-state index is 12.6. The fourth-order valence-electron chi connectivity index (χ4n) is 3.68. The molecule has 2 heterocycles. The quantitative estimate of drug-likeness (QED) is 0.687. The number of aryl methyl sites for hydroxylation is 1. The van der Waals surface area contributed by atoms with E-state index in [-0.39, 0.29) is 29.3 Å². The van der Waals surface area contributed by atoms with E-state index in [1.54, 1.807) is 11.6 Å². The number of amides is 1. The first-order chi connectivity index (χ1) is 13.5. The molecule has 0 saturated carbocycles. The van der Waals surface area contributed by atoms with Gasteiger partial charge >= 0.3 is 5.97 Å². The van der Waals surface area contributed by atoms with Crippen molar-refractivity contribution >= 4 is 23.5 Å². The fraction of sp³-hybridized carbons (Fsp3) is 0.476. The van der Waals surface area contributed by atoms with E-state index in [2.05, 4.69) is 12.0 Å². The molecule has 150 valence electrons. The molecule has 1 atom stereocenters. The van der Waals surface area contributed by atoms with E-state index in [0.29, 0.717) is 12.2 Å². The second kappa shape index (κ2) is 9.24. The monoisotopic (exact) mass is 403 g/mol. The van der Waals surface area contributed by atoms with Crippen molar-refractivity contribution in [1.82, 2.24) is 14.7 Å². The molecule has 28 heavy (non-hydrogen) atoms. The molecular weight excluding hydrogens is 378 g/mol. The van der Waals surface area contributed by atoms with Crippen LogP contribution in [0.3, 0.4) is 0 Å². The number of esters is 1. The van der Waals surface area contributed by atoms with Crippen molar-refractivity contribution in [3.63, 3.8) is 0 Å². The third kappa shape index (κ3) is 4.55. The Hall–Kier alpha value is -2.34. The highest BCUT2D eigenvalue weighted by Crippen LogP contribution is 2.23. The summed E-state index contributed by atoms with van der Waals surface area (Å²) >= 11 is 6.39. The number of benzene rings is 1. The van der Waals surface area contributed by atoms with Crippen molar-refractivity contribution in [2.75, 3.05) is 13.2 Å². The molecule has 1 fully saturated rings. The molecule has 1 amide bonds. The van der Waals surface area contributed by atoms with Gasteiger partial charge in [0, 0.05) is 12.6 Å². The van der Waals surface area contributed by atoms with Crippen LogP contribution in [0.2, 0.25) is 5.15 Å². The summed E-state index contributed by atoms with van der Waals surface area (Å²) in [6.45, 7) is 4.70. The first-order valence-electron chi connectivity index (χ1n) is 9.74. The minimum absolute atomic E-state index is 0.148. The molecule has 0 spiro atoms. The van der Waals surface area contributed by atoms with Gasteiger partial charge < -0.3 is 9.64 Å². The van der Waals surface area contributed by atoms with E-state index in [1.165, 1.54) is 0 Å². The second-order valence-corrected chi connectivity index (χ2v) is 7.47. The van der Waals surface area contributed by atoms with Gasteiger partial charge in [-0.2, -0.15) is 5.10 Å². The molecule has 3 rings (SSSR count). The summed E-state index contributed by atoms with van der Waals surface area (Å²) in [7, 11) is 0. The largest absolute Gasteiger partial charge is 0.452 e. The first-order valence-corrected chi connectivity index (χ1v) is 10.1. The number of hydrogen-bond acceptors (Lipinski definition) is 4. The zero-order chi connectivity index (χ0) is 20.1. The van der Waals surface area contributed by atoms with Crippen LogP contribution in [0.25, 0.3) is 0 Å². The van der Waals surface area contributed by atoms with Gasteiger partial charge in [0.2, 0.25) is 0 Å². The summed E-state index contributed by atoms with van der Waals surface area (Å²) in [5.41, 5.74) is 1.73. The van der Waals surface area contributed by atoms with Gasteiger partial charge in [-0.25, -0.2) is 9.48 Å². The molecule has 1 aromatic heterocycles. The number of carbonyl (C=O) groups is 2. The summed E-state index contributed by atoms with van der Waals surface area (Å²) < 4.78 is 6.87. The van der Waals surface area contributed by atoms with Crippen molar-refractivity contribution in [3.8, 4) is 0 Å². The minimum atomic E-state index is -0.611. The molecule has 6 nitrogen and oxygen atoms in total. The van der Waals surface area contributed by atoms with Crippen molar-refractivity contribution in [2.24, 2.45) is 0 Å². The molecule has 0 radical (unpaired) electrons. The molecule has 1 aliphatic rings. The van der Waals surface area contributed by atoms with Crippen molar-refractivity contribution in [2.45, 2.75) is 52.1 Å².